The highest BCUT2D eigenvalue weighted by molar-refractivity contribution is 6.30. The molecule has 0 heterocycles. The molecule has 0 saturated carbocycles. The van der Waals surface area contributed by atoms with Gasteiger partial charge in [0.15, 0.2) is 0 Å². The van der Waals surface area contributed by atoms with Crippen LogP contribution in [0.15, 0.2) is 24.3 Å². The third-order valence-electron chi connectivity index (χ3n) is 2.06. The number of benzene rings is 1. The first kappa shape index (κ1) is 12.5. The second-order valence-electron chi connectivity index (χ2n) is 3.64. The fourth-order valence-corrected chi connectivity index (χ4v) is 1.56. The Labute approximate surface area is 100 Å². The Morgan fingerprint density at radius 3 is 3.00 bits per heavy atom. The minimum atomic E-state index is -0.114. The normalized spacial score (nSPS) is 11.6. The van der Waals surface area contributed by atoms with Crippen LogP contribution in [0.3, 0.4) is 0 Å². The Hall–Kier alpha value is -1.53. The van der Waals surface area contributed by atoms with E-state index in [1.54, 1.807) is 19.1 Å². The summed E-state index contributed by atoms with van der Waals surface area (Å²) in [5, 5.41) is 11.8. The fraction of sp³-hybridized carbons (Fsp3) is 0.333. The minimum absolute atomic E-state index is 0.0926. The van der Waals surface area contributed by atoms with Crippen molar-refractivity contribution in [3.63, 3.8) is 0 Å². The van der Waals surface area contributed by atoms with Crippen molar-refractivity contribution in [2.24, 2.45) is 0 Å². The van der Waals surface area contributed by atoms with Crippen molar-refractivity contribution in [3.8, 4) is 6.07 Å². The SMILES string of the molecule is CC(CC#N)NC(=O)Cc1cccc(Cl)c1. The van der Waals surface area contributed by atoms with Crippen LogP contribution in [0.4, 0.5) is 0 Å². The molecular weight excluding hydrogens is 224 g/mol. The van der Waals surface area contributed by atoms with Crippen molar-refractivity contribution in [1.82, 2.24) is 5.32 Å². The highest BCUT2D eigenvalue weighted by Gasteiger charge is 2.07. The maximum absolute atomic E-state index is 11.5. The van der Waals surface area contributed by atoms with E-state index >= 15 is 0 Å². The van der Waals surface area contributed by atoms with Gasteiger partial charge >= 0.3 is 0 Å². The lowest BCUT2D eigenvalue weighted by atomic mass is 10.1. The third-order valence-corrected chi connectivity index (χ3v) is 2.29. The first-order valence-corrected chi connectivity index (χ1v) is 5.40. The standard InChI is InChI=1S/C12H13ClN2O/c1-9(5-6-14)15-12(16)8-10-3-2-4-11(13)7-10/h2-4,7,9H,5,8H2,1H3,(H,15,16). The van der Waals surface area contributed by atoms with Gasteiger partial charge in [-0.1, -0.05) is 23.7 Å². The van der Waals surface area contributed by atoms with Crippen LogP contribution in [0.2, 0.25) is 5.02 Å². The lowest BCUT2D eigenvalue weighted by Gasteiger charge is -2.10. The predicted molar refractivity (Wildman–Crippen MR) is 63.0 cm³/mol. The van der Waals surface area contributed by atoms with Crippen LogP contribution in [0, 0.1) is 11.3 Å². The molecule has 0 aromatic heterocycles. The van der Waals surface area contributed by atoms with Crippen molar-refractivity contribution >= 4 is 17.5 Å². The monoisotopic (exact) mass is 236 g/mol. The van der Waals surface area contributed by atoms with Crippen LogP contribution in [-0.2, 0) is 11.2 Å². The van der Waals surface area contributed by atoms with E-state index in [2.05, 4.69) is 5.32 Å². The second-order valence-corrected chi connectivity index (χ2v) is 4.07. The zero-order valence-corrected chi connectivity index (χ0v) is 9.79. The largest absolute Gasteiger partial charge is 0.352 e. The summed E-state index contributed by atoms with van der Waals surface area (Å²) >= 11 is 5.81. The molecule has 1 aromatic carbocycles. The van der Waals surface area contributed by atoms with E-state index in [1.165, 1.54) is 0 Å². The number of halogens is 1. The van der Waals surface area contributed by atoms with Gasteiger partial charge in [-0.2, -0.15) is 5.26 Å². The lowest BCUT2D eigenvalue weighted by molar-refractivity contribution is -0.121. The van der Waals surface area contributed by atoms with Crippen LogP contribution in [0.25, 0.3) is 0 Å². The van der Waals surface area contributed by atoms with E-state index in [0.717, 1.165) is 5.56 Å². The first-order chi connectivity index (χ1) is 7.61. The molecule has 4 heteroatoms. The van der Waals surface area contributed by atoms with Gasteiger partial charge in [-0.25, -0.2) is 0 Å². The fourth-order valence-electron chi connectivity index (χ4n) is 1.35. The van der Waals surface area contributed by atoms with Crippen LogP contribution in [0.5, 0.6) is 0 Å². The van der Waals surface area contributed by atoms with Crippen molar-refractivity contribution < 1.29 is 4.79 Å². The first-order valence-electron chi connectivity index (χ1n) is 5.02. The number of nitrogens with zero attached hydrogens (tertiary/aromatic N) is 1. The number of nitriles is 1. The van der Waals surface area contributed by atoms with Gasteiger partial charge in [0.1, 0.15) is 0 Å². The maximum atomic E-state index is 11.5. The zero-order valence-electron chi connectivity index (χ0n) is 9.03. The van der Waals surface area contributed by atoms with Gasteiger partial charge in [-0.3, -0.25) is 4.79 Å². The average Bonchev–Trinajstić information content (AvgIpc) is 2.17. The average molecular weight is 237 g/mol. The van der Waals surface area contributed by atoms with Crippen molar-refractivity contribution in [2.45, 2.75) is 25.8 Å². The molecule has 0 aliphatic carbocycles. The molecule has 1 N–H and O–H groups in total. The Morgan fingerprint density at radius 1 is 1.62 bits per heavy atom. The number of rotatable bonds is 4. The molecular formula is C12H13ClN2O. The van der Waals surface area contributed by atoms with E-state index in [9.17, 15) is 4.79 Å². The van der Waals surface area contributed by atoms with Crippen LogP contribution in [-0.4, -0.2) is 11.9 Å². The number of hydrogen-bond acceptors (Lipinski definition) is 2. The van der Waals surface area contributed by atoms with E-state index < -0.39 is 0 Å². The van der Waals surface area contributed by atoms with Gasteiger partial charge in [0.25, 0.3) is 0 Å². The molecule has 1 unspecified atom stereocenters. The Morgan fingerprint density at radius 2 is 2.38 bits per heavy atom. The predicted octanol–water partition coefficient (Wildman–Crippen LogP) is 2.30. The summed E-state index contributed by atoms with van der Waals surface area (Å²) in [7, 11) is 0. The van der Waals surface area contributed by atoms with E-state index in [1.807, 2.05) is 18.2 Å². The molecule has 0 aliphatic rings. The van der Waals surface area contributed by atoms with Crippen molar-refractivity contribution in [3.05, 3.63) is 34.9 Å². The number of carbonyl (C=O) groups is 1. The van der Waals surface area contributed by atoms with Gasteiger partial charge in [0, 0.05) is 11.1 Å². The molecule has 0 fully saturated rings. The molecule has 3 nitrogen and oxygen atoms in total. The highest BCUT2D eigenvalue weighted by Crippen LogP contribution is 2.11. The second kappa shape index (κ2) is 6.14. The minimum Gasteiger partial charge on any atom is -0.352 e. The number of amides is 1. The molecule has 1 aromatic rings. The quantitative estimate of drug-likeness (QED) is 0.872. The van der Waals surface area contributed by atoms with Gasteiger partial charge in [-0.15, -0.1) is 0 Å². The summed E-state index contributed by atoms with van der Waals surface area (Å²) in [5.74, 6) is -0.0926. The van der Waals surface area contributed by atoms with Crippen molar-refractivity contribution in [1.29, 1.82) is 5.26 Å². The molecule has 1 amide bonds. The molecule has 84 valence electrons. The van der Waals surface area contributed by atoms with Crippen molar-refractivity contribution in [2.75, 3.05) is 0 Å². The summed E-state index contributed by atoms with van der Waals surface area (Å²) in [6.45, 7) is 1.80. The number of carbonyl (C=O) groups excluding carboxylic acids is 1. The topological polar surface area (TPSA) is 52.9 Å². The Balaban J connectivity index is 2.49. The molecule has 0 radical (unpaired) electrons. The number of hydrogen-bond donors (Lipinski definition) is 1. The van der Waals surface area contributed by atoms with Crippen LogP contribution in [0.1, 0.15) is 18.9 Å². The van der Waals surface area contributed by atoms with E-state index in [0.29, 0.717) is 11.4 Å². The van der Waals surface area contributed by atoms with Gasteiger partial charge in [-0.05, 0) is 24.6 Å². The highest BCUT2D eigenvalue weighted by atomic mass is 35.5. The summed E-state index contributed by atoms with van der Waals surface area (Å²) in [6, 6.07) is 9.08. The summed E-state index contributed by atoms with van der Waals surface area (Å²) in [4.78, 5) is 11.5. The third kappa shape index (κ3) is 4.33. The summed E-state index contributed by atoms with van der Waals surface area (Å²) < 4.78 is 0. The summed E-state index contributed by atoms with van der Waals surface area (Å²) in [5.41, 5.74) is 0.870. The zero-order chi connectivity index (χ0) is 12.0. The van der Waals surface area contributed by atoms with Gasteiger partial charge in [0.2, 0.25) is 5.91 Å². The molecule has 0 aliphatic heterocycles. The van der Waals surface area contributed by atoms with Gasteiger partial charge in [0.05, 0.1) is 18.9 Å². The maximum Gasteiger partial charge on any atom is 0.224 e. The van der Waals surface area contributed by atoms with Crippen LogP contribution >= 0.6 is 11.6 Å². The molecule has 1 atom stereocenters. The molecule has 0 bridgehead atoms. The number of nitrogens with one attached hydrogen (secondary N) is 1. The van der Waals surface area contributed by atoms with E-state index in [4.69, 9.17) is 16.9 Å². The smallest absolute Gasteiger partial charge is 0.224 e. The summed E-state index contributed by atoms with van der Waals surface area (Å²) in [6.07, 6.45) is 0.609. The molecule has 16 heavy (non-hydrogen) atoms. The molecule has 0 spiro atoms. The lowest BCUT2D eigenvalue weighted by Crippen LogP contribution is -2.33. The van der Waals surface area contributed by atoms with Crippen LogP contribution < -0.4 is 5.32 Å². The van der Waals surface area contributed by atoms with Gasteiger partial charge < -0.3 is 5.32 Å². The molecule has 0 saturated heterocycles. The molecule has 1 rings (SSSR count). The Bertz CT molecular complexity index is 412. The van der Waals surface area contributed by atoms with E-state index in [-0.39, 0.29) is 18.4 Å². The Kier molecular flexibility index (Phi) is 4.81.